The lowest BCUT2D eigenvalue weighted by molar-refractivity contribution is -0.143. The molecule has 0 aliphatic carbocycles. The lowest BCUT2D eigenvalue weighted by Crippen LogP contribution is -2.45. The minimum atomic E-state index is -0.281. The van der Waals surface area contributed by atoms with Crippen LogP contribution < -0.4 is 0 Å². The van der Waals surface area contributed by atoms with Gasteiger partial charge in [0.25, 0.3) is 0 Å². The van der Waals surface area contributed by atoms with Crippen molar-refractivity contribution in [2.75, 3.05) is 26.2 Å². The van der Waals surface area contributed by atoms with Gasteiger partial charge in [-0.2, -0.15) is 0 Å². The molecule has 2 amide bonds. The Bertz CT molecular complexity index is 882. The monoisotopic (exact) mass is 412 g/mol. The third-order valence-electron chi connectivity index (χ3n) is 5.68. The zero-order valence-electron chi connectivity index (χ0n) is 16.5. The van der Waals surface area contributed by atoms with Crippen molar-refractivity contribution in [2.45, 2.75) is 26.0 Å². The molecule has 2 fully saturated rings. The Morgan fingerprint density at radius 3 is 2.55 bits per heavy atom. The fourth-order valence-corrected chi connectivity index (χ4v) is 4.12. The summed E-state index contributed by atoms with van der Waals surface area (Å²) in [4.78, 5) is 29.2. The summed E-state index contributed by atoms with van der Waals surface area (Å²) in [6, 6.07) is 15.7. The number of morpholine rings is 1. The SMILES string of the molecule is Cc1ccc(CN2CC(C(=O)N3CCOC(c4ccc(Cl)cc4)C3)CC2=O)cc1. The Morgan fingerprint density at radius 2 is 1.83 bits per heavy atom. The van der Waals surface area contributed by atoms with E-state index in [1.54, 1.807) is 4.90 Å². The minimum Gasteiger partial charge on any atom is -0.370 e. The van der Waals surface area contributed by atoms with Crippen molar-refractivity contribution in [2.24, 2.45) is 5.92 Å². The number of halogens is 1. The molecule has 0 spiro atoms. The predicted octanol–water partition coefficient (Wildman–Crippen LogP) is 3.60. The highest BCUT2D eigenvalue weighted by molar-refractivity contribution is 6.30. The fourth-order valence-electron chi connectivity index (χ4n) is 3.99. The molecule has 2 heterocycles. The highest BCUT2D eigenvalue weighted by atomic mass is 35.5. The lowest BCUT2D eigenvalue weighted by Gasteiger charge is -2.34. The van der Waals surface area contributed by atoms with Gasteiger partial charge < -0.3 is 14.5 Å². The number of hydrogen-bond donors (Lipinski definition) is 0. The van der Waals surface area contributed by atoms with Gasteiger partial charge in [0.05, 0.1) is 19.1 Å². The van der Waals surface area contributed by atoms with E-state index < -0.39 is 0 Å². The van der Waals surface area contributed by atoms with Gasteiger partial charge in [-0.1, -0.05) is 53.6 Å². The third-order valence-corrected chi connectivity index (χ3v) is 5.93. The molecule has 152 valence electrons. The normalized spacial score (nSPS) is 22.2. The van der Waals surface area contributed by atoms with Crippen molar-refractivity contribution in [3.63, 3.8) is 0 Å². The molecule has 0 bridgehead atoms. The third kappa shape index (κ3) is 4.62. The van der Waals surface area contributed by atoms with E-state index in [0.29, 0.717) is 37.8 Å². The van der Waals surface area contributed by atoms with E-state index in [0.717, 1.165) is 11.1 Å². The Balaban J connectivity index is 1.38. The molecule has 0 radical (unpaired) electrons. The Hall–Kier alpha value is -2.37. The van der Waals surface area contributed by atoms with E-state index in [1.165, 1.54) is 5.56 Å². The van der Waals surface area contributed by atoms with Crippen LogP contribution in [0.5, 0.6) is 0 Å². The zero-order valence-corrected chi connectivity index (χ0v) is 17.3. The summed E-state index contributed by atoms with van der Waals surface area (Å²) < 4.78 is 5.86. The number of benzene rings is 2. The van der Waals surface area contributed by atoms with E-state index in [1.807, 2.05) is 60.4 Å². The maximum absolute atomic E-state index is 13.1. The number of carbonyl (C=O) groups is 2. The lowest BCUT2D eigenvalue weighted by atomic mass is 10.0. The quantitative estimate of drug-likeness (QED) is 0.771. The zero-order chi connectivity index (χ0) is 20.4. The molecule has 6 heteroatoms. The average Bonchev–Trinajstić information content (AvgIpc) is 3.10. The summed E-state index contributed by atoms with van der Waals surface area (Å²) >= 11 is 5.97. The van der Waals surface area contributed by atoms with E-state index in [-0.39, 0.29) is 30.3 Å². The van der Waals surface area contributed by atoms with Crippen molar-refractivity contribution >= 4 is 23.4 Å². The summed E-state index contributed by atoms with van der Waals surface area (Å²) in [5.41, 5.74) is 3.29. The number of hydrogen-bond acceptors (Lipinski definition) is 3. The second kappa shape index (κ2) is 8.56. The standard InChI is InChI=1S/C23H25ClN2O3/c1-16-2-4-17(5-3-16)13-26-14-19(12-22(26)27)23(28)25-10-11-29-21(15-25)18-6-8-20(24)9-7-18/h2-9,19,21H,10-15H2,1H3. The van der Waals surface area contributed by atoms with Gasteiger partial charge in [0.2, 0.25) is 11.8 Å². The fraction of sp³-hybridized carbons (Fsp3) is 0.391. The predicted molar refractivity (Wildman–Crippen MR) is 111 cm³/mol. The first-order chi connectivity index (χ1) is 14.0. The van der Waals surface area contributed by atoms with Gasteiger partial charge in [0, 0.05) is 31.1 Å². The van der Waals surface area contributed by atoms with Crippen LogP contribution in [0.4, 0.5) is 0 Å². The van der Waals surface area contributed by atoms with E-state index in [2.05, 4.69) is 0 Å². The Labute approximate surface area is 176 Å². The van der Waals surface area contributed by atoms with Gasteiger partial charge in [-0.05, 0) is 30.2 Å². The molecule has 2 aromatic rings. The molecule has 2 aliphatic heterocycles. The maximum atomic E-state index is 13.1. The summed E-state index contributed by atoms with van der Waals surface area (Å²) in [6.45, 7) is 4.63. The van der Waals surface area contributed by atoms with Crippen molar-refractivity contribution in [3.8, 4) is 0 Å². The number of aryl methyl sites for hydroxylation is 1. The van der Waals surface area contributed by atoms with Gasteiger partial charge in [0.1, 0.15) is 6.10 Å². The Morgan fingerprint density at radius 1 is 1.10 bits per heavy atom. The van der Waals surface area contributed by atoms with Gasteiger partial charge in [0.15, 0.2) is 0 Å². The average molecular weight is 413 g/mol. The van der Waals surface area contributed by atoms with E-state index in [9.17, 15) is 9.59 Å². The molecule has 4 rings (SSSR count). The highest BCUT2D eigenvalue weighted by Gasteiger charge is 2.38. The highest BCUT2D eigenvalue weighted by Crippen LogP contribution is 2.27. The number of nitrogens with zero attached hydrogens (tertiary/aromatic N) is 2. The molecular weight excluding hydrogens is 388 g/mol. The summed E-state index contributed by atoms with van der Waals surface area (Å²) in [5.74, 6) is -0.185. The van der Waals surface area contributed by atoms with Gasteiger partial charge in [-0.3, -0.25) is 9.59 Å². The van der Waals surface area contributed by atoms with Crippen LogP contribution in [0, 0.1) is 12.8 Å². The maximum Gasteiger partial charge on any atom is 0.228 e. The number of rotatable bonds is 4. The molecule has 29 heavy (non-hydrogen) atoms. The Kier molecular flexibility index (Phi) is 5.88. The van der Waals surface area contributed by atoms with Crippen molar-refractivity contribution in [1.82, 2.24) is 9.80 Å². The van der Waals surface area contributed by atoms with Gasteiger partial charge >= 0.3 is 0 Å². The molecule has 2 aliphatic rings. The number of likely N-dealkylation sites (tertiary alicyclic amines) is 1. The number of carbonyl (C=O) groups excluding carboxylic acids is 2. The topological polar surface area (TPSA) is 49.9 Å². The summed E-state index contributed by atoms with van der Waals surface area (Å²) in [5, 5.41) is 0.677. The van der Waals surface area contributed by atoms with Crippen LogP contribution in [0.1, 0.15) is 29.2 Å². The second-order valence-corrected chi connectivity index (χ2v) is 8.29. The van der Waals surface area contributed by atoms with Crippen LogP contribution in [0.25, 0.3) is 0 Å². The van der Waals surface area contributed by atoms with Crippen LogP contribution in [0.3, 0.4) is 0 Å². The van der Waals surface area contributed by atoms with Crippen LogP contribution >= 0.6 is 11.6 Å². The molecule has 0 N–H and O–H groups in total. The summed E-state index contributed by atoms with van der Waals surface area (Å²) in [6.07, 6.45) is 0.124. The molecule has 0 aromatic heterocycles. The molecule has 0 saturated carbocycles. The van der Waals surface area contributed by atoms with Gasteiger partial charge in [-0.25, -0.2) is 0 Å². The largest absolute Gasteiger partial charge is 0.370 e. The van der Waals surface area contributed by atoms with Crippen molar-refractivity contribution in [1.29, 1.82) is 0 Å². The molecule has 2 aromatic carbocycles. The van der Waals surface area contributed by atoms with E-state index >= 15 is 0 Å². The number of amides is 2. The molecule has 2 unspecified atom stereocenters. The first kappa shape index (κ1) is 19.9. The van der Waals surface area contributed by atoms with Crippen molar-refractivity contribution in [3.05, 3.63) is 70.2 Å². The smallest absolute Gasteiger partial charge is 0.228 e. The van der Waals surface area contributed by atoms with Crippen LogP contribution in [0.15, 0.2) is 48.5 Å². The molecule has 2 atom stereocenters. The van der Waals surface area contributed by atoms with Crippen LogP contribution in [0.2, 0.25) is 5.02 Å². The van der Waals surface area contributed by atoms with Crippen LogP contribution in [-0.2, 0) is 20.9 Å². The molecular formula is C23H25ClN2O3. The minimum absolute atomic E-state index is 0.0476. The second-order valence-electron chi connectivity index (χ2n) is 7.86. The molecule has 5 nitrogen and oxygen atoms in total. The summed E-state index contributed by atoms with van der Waals surface area (Å²) in [7, 11) is 0. The number of ether oxygens (including phenoxy) is 1. The van der Waals surface area contributed by atoms with Crippen molar-refractivity contribution < 1.29 is 14.3 Å². The van der Waals surface area contributed by atoms with Crippen LogP contribution in [-0.4, -0.2) is 47.9 Å². The van der Waals surface area contributed by atoms with Gasteiger partial charge in [-0.15, -0.1) is 0 Å². The van der Waals surface area contributed by atoms with E-state index in [4.69, 9.17) is 16.3 Å². The molecule has 2 saturated heterocycles. The first-order valence-electron chi connectivity index (χ1n) is 9.99. The first-order valence-corrected chi connectivity index (χ1v) is 10.4.